The van der Waals surface area contributed by atoms with Crippen LogP contribution in [0.1, 0.15) is 36.0 Å². The third-order valence-corrected chi connectivity index (χ3v) is 4.34. The number of carboxylic acids is 1. The number of carboxylic acid groups (broad SMARTS) is 1. The summed E-state index contributed by atoms with van der Waals surface area (Å²) in [5.74, 6) is -0.539. The van der Waals surface area contributed by atoms with Crippen LogP contribution in [0.4, 0.5) is 5.69 Å². The van der Waals surface area contributed by atoms with Gasteiger partial charge in [-0.05, 0) is 37.8 Å². The zero-order chi connectivity index (χ0) is 17.7. The second kappa shape index (κ2) is 7.90. The summed E-state index contributed by atoms with van der Waals surface area (Å²) in [4.78, 5) is 22.9. The number of ether oxygens (including phenoxy) is 3. The minimum absolute atomic E-state index is 0.118. The highest BCUT2D eigenvalue weighted by molar-refractivity contribution is 5.92. The quantitative estimate of drug-likeness (QED) is 0.770. The Morgan fingerprint density at radius 3 is 2.25 bits per heavy atom. The number of nitrogens with one attached hydrogen (secondary N) is 1. The molecule has 0 aromatic heterocycles. The van der Waals surface area contributed by atoms with Crippen molar-refractivity contribution < 1.29 is 28.9 Å². The van der Waals surface area contributed by atoms with Gasteiger partial charge in [0.15, 0.2) is 11.5 Å². The van der Waals surface area contributed by atoms with Gasteiger partial charge in [0.1, 0.15) is 0 Å². The Morgan fingerprint density at radius 2 is 1.75 bits per heavy atom. The summed E-state index contributed by atoms with van der Waals surface area (Å²) >= 11 is 0. The lowest BCUT2D eigenvalue weighted by Gasteiger charge is -2.28. The molecule has 1 aliphatic rings. The number of benzene rings is 1. The van der Waals surface area contributed by atoms with Crippen LogP contribution in [-0.2, 0) is 9.53 Å². The fourth-order valence-electron chi connectivity index (χ4n) is 3.01. The summed E-state index contributed by atoms with van der Waals surface area (Å²) < 4.78 is 15.5. The number of carbonyl (C=O) groups excluding carboxylic acids is 1. The standard InChI is InChI=1S/C17H23NO6/c1-22-14-9-11(17(21)24-3)8-13(15(14)23-2)18-12-6-4-10(5-7-12)16(19)20/h8-10,12,18H,4-7H2,1-3H3,(H,19,20). The number of methoxy groups -OCH3 is 3. The van der Waals surface area contributed by atoms with Crippen molar-refractivity contribution in [3.8, 4) is 11.5 Å². The average molecular weight is 337 g/mol. The lowest BCUT2D eigenvalue weighted by Crippen LogP contribution is -2.29. The lowest BCUT2D eigenvalue weighted by molar-refractivity contribution is -0.142. The molecule has 24 heavy (non-hydrogen) atoms. The molecular formula is C17H23NO6. The molecule has 1 saturated carbocycles. The zero-order valence-corrected chi connectivity index (χ0v) is 14.1. The molecule has 7 heteroatoms. The average Bonchev–Trinajstić information content (AvgIpc) is 2.60. The van der Waals surface area contributed by atoms with Crippen molar-refractivity contribution in [2.24, 2.45) is 5.92 Å². The van der Waals surface area contributed by atoms with E-state index >= 15 is 0 Å². The molecule has 1 aromatic carbocycles. The smallest absolute Gasteiger partial charge is 0.338 e. The van der Waals surface area contributed by atoms with Gasteiger partial charge in [0.05, 0.1) is 38.5 Å². The van der Waals surface area contributed by atoms with Crippen LogP contribution in [0.15, 0.2) is 12.1 Å². The minimum atomic E-state index is -0.736. The van der Waals surface area contributed by atoms with Crippen molar-refractivity contribution in [3.05, 3.63) is 17.7 Å². The maximum atomic E-state index is 11.8. The Labute approximate surface area is 140 Å². The Balaban J connectivity index is 2.22. The number of hydrogen-bond donors (Lipinski definition) is 2. The van der Waals surface area contributed by atoms with Gasteiger partial charge in [0, 0.05) is 6.04 Å². The maximum Gasteiger partial charge on any atom is 0.338 e. The molecule has 1 aliphatic carbocycles. The van der Waals surface area contributed by atoms with E-state index in [0.717, 1.165) is 12.8 Å². The van der Waals surface area contributed by atoms with E-state index in [1.807, 2.05) is 0 Å². The molecule has 132 valence electrons. The number of hydrogen-bond acceptors (Lipinski definition) is 6. The Morgan fingerprint density at radius 1 is 1.08 bits per heavy atom. The van der Waals surface area contributed by atoms with Crippen molar-refractivity contribution in [3.63, 3.8) is 0 Å². The highest BCUT2D eigenvalue weighted by Crippen LogP contribution is 2.38. The van der Waals surface area contributed by atoms with Gasteiger partial charge < -0.3 is 24.6 Å². The predicted molar refractivity (Wildman–Crippen MR) is 87.9 cm³/mol. The van der Waals surface area contributed by atoms with Gasteiger partial charge in [-0.1, -0.05) is 0 Å². The van der Waals surface area contributed by atoms with Crippen LogP contribution < -0.4 is 14.8 Å². The van der Waals surface area contributed by atoms with E-state index in [1.54, 1.807) is 12.1 Å². The molecular weight excluding hydrogens is 314 g/mol. The molecule has 0 amide bonds. The molecule has 2 N–H and O–H groups in total. The normalized spacial score (nSPS) is 20.1. The van der Waals surface area contributed by atoms with Gasteiger partial charge in [-0.15, -0.1) is 0 Å². The van der Waals surface area contributed by atoms with Crippen LogP contribution in [-0.4, -0.2) is 44.4 Å². The van der Waals surface area contributed by atoms with Crippen LogP contribution in [0.25, 0.3) is 0 Å². The first-order chi connectivity index (χ1) is 11.5. The first kappa shape index (κ1) is 17.9. The highest BCUT2D eigenvalue weighted by atomic mass is 16.5. The molecule has 0 aliphatic heterocycles. The number of anilines is 1. The molecule has 7 nitrogen and oxygen atoms in total. The van der Waals surface area contributed by atoms with Crippen LogP contribution in [0, 0.1) is 5.92 Å². The van der Waals surface area contributed by atoms with E-state index in [1.165, 1.54) is 21.3 Å². The second-order valence-electron chi connectivity index (χ2n) is 5.78. The molecule has 0 spiro atoms. The molecule has 0 atom stereocenters. The third-order valence-electron chi connectivity index (χ3n) is 4.34. The van der Waals surface area contributed by atoms with E-state index in [2.05, 4.69) is 5.32 Å². The van der Waals surface area contributed by atoms with Crippen LogP contribution in [0.2, 0.25) is 0 Å². The van der Waals surface area contributed by atoms with Crippen molar-refractivity contribution in [2.45, 2.75) is 31.7 Å². The highest BCUT2D eigenvalue weighted by Gasteiger charge is 2.27. The van der Waals surface area contributed by atoms with Crippen LogP contribution >= 0.6 is 0 Å². The fourth-order valence-corrected chi connectivity index (χ4v) is 3.01. The molecule has 1 aromatic rings. The maximum absolute atomic E-state index is 11.8. The van der Waals surface area contributed by atoms with Gasteiger partial charge in [0.25, 0.3) is 0 Å². The first-order valence-electron chi connectivity index (χ1n) is 7.83. The van der Waals surface area contributed by atoms with Gasteiger partial charge in [0.2, 0.25) is 0 Å². The van der Waals surface area contributed by atoms with E-state index in [0.29, 0.717) is 35.6 Å². The topological polar surface area (TPSA) is 94.1 Å². The Kier molecular flexibility index (Phi) is 5.89. The molecule has 0 radical (unpaired) electrons. The van der Waals surface area contributed by atoms with Crippen LogP contribution in [0.5, 0.6) is 11.5 Å². The number of carbonyl (C=O) groups is 2. The Hall–Kier alpha value is -2.44. The lowest BCUT2D eigenvalue weighted by atomic mass is 9.86. The minimum Gasteiger partial charge on any atom is -0.493 e. The van der Waals surface area contributed by atoms with Crippen molar-refractivity contribution in [1.29, 1.82) is 0 Å². The van der Waals surface area contributed by atoms with Gasteiger partial charge in [-0.25, -0.2) is 4.79 Å². The summed E-state index contributed by atoms with van der Waals surface area (Å²) in [6, 6.07) is 3.35. The van der Waals surface area contributed by atoms with Crippen molar-refractivity contribution in [2.75, 3.05) is 26.6 Å². The second-order valence-corrected chi connectivity index (χ2v) is 5.78. The molecule has 0 saturated heterocycles. The number of rotatable bonds is 6. The van der Waals surface area contributed by atoms with Crippen molar-refractivity contribution >= 4 is 17.6 Å². The zero-order valence-electron chi connectivity index (χ0n) is 14.1. The fraction of sp³-hybridized carbons (Fsp3) is 0.529. The van der Waals surface area contributed by atoms with E-state index in [-0.39, 0.29) is 12.0 Å². The van der Waals surface area contributed by atoms with Gasteiger partial charge in [-0.3, -0.25) is 4.79 Å². The molecule has 2 rings (SSSR count). The summed E-state index contributed by atoms with van der Waals surface area (Å²) in [6.45, 7) is 0. The number of aliphatic carboxylic acids is 1. The monoisotopic (exact) mass is 337 g/mol. The van der Waals surface area contributed by atoms with Gasteiger partial charge >= 0.3 is 11.9 Å². The molecule has 0 heterocycles. The largest absolute Gasteiger partial charge is 0.493 e. The van der Waals surface area contributed by atoms with E-state index in [9.17, 15) is 9.59 Å². The SMILES string of the molecule is COC(=O)c1cc(NC2CCC(C(=O)O)CC2)c(OC)c(OC)c1. The first-order valence-corrected chi connectivity index (χ1v) is 7.83. The molecule has 0 bridgehead atoms. The summed E-state index contributed by atoms with van der Waals surface area (Å²) in [5.41, 5.74) is 0.993. The van der Waals surface area contributed by atoms with Crippen molar-refractivity contribution in [1.82, 2.24) is 0 Å². The third kappa shape index (κ3) is 3.90. The predicted octanol–water partition coefficient (Wildman–Crippen LogP) is 2.55. The molecule has 0 unspecified atom stereocenters. The number of esters is 1. The van der Waals surface area contributed by atoms with E-state index in [4.69, 9.17) is 19.3 Å². The molecule has 1 fully saturated rings. The summed E-state index contributed by atoms with van der Waals surface area (Å²) in [5, 5.41) is 12.4. The summed E-state index contributed by atoms with van der Waals surface area (Å²) in [6.07, 6.45) is 2.74. The summed E-state index contributed by atoms with van der Waals surface area (Å²) in [7, 11) is 4.35. The van der Waals surface area contributed by atoms with Crippen LogP contribution in [0.3, 0.4) is 0 Å². The Bertz CT molecular complexity index is 607. The van der Waals surface area contributed by atoms with Gasteiger partial charge in [-0.2, -0.15) is 0 Å². The van der Waals surface area contributed by atoms with E-state index < -0.39 is 11.9 Å².